The Bertz CT molecular complexity index is 1050. The molecule has 7 nitrogen and oxygen atoms in total. The van der Waals surface area contributed by atoms with Crippen molar-refractivity contribution < 1.29 is 27.1 Å². The van der Waals surface area contributed by atoms with Crippen LogP contribution < -0.4 is 14.8 Å². The van der Waals surface area contributed by atoms with E-state index in [0.717, 1.165) is 5.56 Å². The monoisotopic (exact) mass is 464 g/mol. The number of halogens is 1. The average molecular weight is 465 g/mol. The van der Waals surface area contributed by atoms with Gasteiger partial charge in [-0.25, -0.2) is 17.1 Å². The fourth-order valence-corrected chi connectivity index (χ4v) is 5.46. The highest BCUT2D eigenvalue weighted by molar-refractivity contribution is 7.88. The van der Waals surface area contributed by atoms with Gasteiger partial charge in [0.15, 0.2) is 0 Å². The summed E-state index contributed by atoms with van der Waals surface area (Å²) < 4.78 is 51.3. The summed E-state index contributed by atoms with van der Waals surface area (Å²) in [6.45, 7) is 2.32. The van der Waals surface area contributed by atoms with E-state index < -0.39 is 15.8 Å². The van der Waals surface area contributed by atoms with Gasteiger partial charge in [-0.3, -0.25) is 4.79 Å². The Morgan fingerprint density at radius 3 is 2.47 bits per heavy atom. The second kappa shape index (κ2) is 10.3. The van der Waals surface area contributed by atoms with Gasteiger partial charge in [0.2, 0.25) is 15.9 Å². The lowest BCUT2D eigenvalue weighted by Gasteiger charge is -2.31. The zero-order valence-corrected chi connectivity index (χ0v) is 19.3. The first kappa shape index (κ1) is 24.0. The topological polar surface area (TPSA) is 84.9 Å². The van der Waals surface area contributed by atoms with Crippen molar-refractivity contribution >= 4 is 15.9 Å². The van der Waals surface area contributed by atoms with Crippen LogP contribution in [-0.4, -0.2) is 45.9 Å². The highest BCUT2D eigenvalue weighted by Gasteiger charge is 2.32. The van der Waals surface area contributed by atoms with Crippen LogP contribution in [0, 0.1) is 11.7 Å². The van der Waals surface area contributed by atoms with E-state index >= 15 is 0 Å². The molecule has 1 fully saturated rings. The Morgan fingerprint density at radius 1 is 1.16 bits per heavy atom. The molecule has 0 radical (unpaired) electrons. The quantitative estimate of drug-likeness (QED) is 0.648. The van der Waals surface area contributed by atoms with Crippen LogP contribution in [0.3, 0.4) is 0 Å². The van der Waals surface area contributed by atoms with Gasteiger partial charge in [0.05, 0.1) is 26.0 Å². The maximum absolute atomic E-state index is 13.9. The summed E-state index contributed by atoms with van der Waals surface area (Å²) in [4.78, 5) is 12.8. The van der Waals surface area contributed by atoms with Crippen LogP contribution in [0.1, 0.15) is 36.9 Å². The smallest absolute Gasteiger partial charge is 0.223 e. The summed E-state index contributed by atoms with van der Waals surface area (Å²) in [6.07, 6.45) is 0.814. The predicted molar refractivity (Wildman–Crippen MR) is 119 cm³/mol. The molecule has 3 rings (SSSR count). The van der Waals surface area contributed by atoms with E-state index in [4.69, 9.17) is 9.47 Å². The van der Waals surface area contributed by atoms with Crippen LogP contribution in [0.25, 0.3) is 0 Å². The van der Waals surface area contributed by atoms with Gasteiger partial charge in [0.1, 0.15) is 17.3 Å². The van der Waals surface area contributed by atoms with Crippen molar-refractivity contribution in [2.75, 3.05) is 27.3 Å². The van der Waals surface area contributed by atoms with E-state index in [1.165, 1.54) is 22.5 Å². The Hall–Kier alpha value is -2.65. The molecule has 1 heterocycles. The number of carbonyl (C=O) groups is 1. The average Bonchev–Trinajstić information content (AvgIpc) is 2.80. The molecule has 0 aromatic heterocycles. The number of benzene rings is 2. The van der Waals surface area contributed by atoms with Crippen LogP contribution in [0.5, 0.6) is 11.5 Å². The molecular formula is C23H29FN2O5S. The fraction of sp³-hybridized carbons (Fsp3) is 0.435. The van der Waals surface area contributed by atoms with Crippen LogP contribution in [-0.2, 0) is 20.6 Å². The summed E-state index contributed by atoms with van der Waals surface area (Å²) in [7, 11) is -0.521. The maximum Gasteiger partial charge on any atom is 0.223 e. The third-order valence-corrected chi connectivity index (χ3v) is 7.60. The van der Waals surface area contributed by atoms with Gasteiger partial charge >= 0.3 is 0 Å². The van der Waals surface area contributed by atoms with E-state index in [-0.39, 0.29) is 42.3 Å². The molecule has 1 amide bonds. The molecule has 2 aromatic rings. The minimum atomic E-state index is -3.66. The van der Waals surface area contributed by atoms with Gasteiger partial charge in [-0.1, -0.05) is 18.2 Å². The van der Waals surface area contributed by atoms with Gasteiger partial charge < -0.3 is 14.8 Å². The van der Waals surface area contributed by atoms with Gasteiger partial charge in [0.25, 0.3) is 0 Å². The SMILES string of the molecule is COc1ccc(OC)c([C@H](C)NC(=O)C2CCN(S(=O)(=O)Cc3ccccc3F)CC2)c1. The van der Waals surface area contributed by atoms with Gasteiger partial charge in [-0.2, -0.15) is 0 Å². The van der Waals surface area contributed by atoms with Crippen molar-refractivity contribution in [1.82, 2.24) is 9.62 Å². The van der Waals surface area contributed by atoms with Crippen LogP contribution in [0.2, 0.25) is 0 Å². The molecule has 0 saturated carbocycles. The molecular weight excluding hydrogens is 435 g/mol. The summed E-state index contributed by atoms with van der Waals surface area (Å²) in [5.74, 6) is -0.0406. The number of nitrogens with zero attached hydrogens (tertiary/aromatic N) is 1. The van der Waals surface area contributed by atoms with Crippen LogP contribution in [0.15, 0.2) is 42.5 Å². The van der Waals surface area contributed by atoms with Crippen LogP contribution in [0.4, 0.5) is 4.39 Å². The zero-order valence-electron chi connectivity index (χ0n) is 18.5. The third kappa shape index (κ3) is 5.58. The number of hydrogen-bond donors (Lipinski definition) is 1. The number of rotatable bonds is 8. The molecule has 9 heteroatoms. The molecule has 2 aromatic carbocycles. The first-order chi connectivity index (χ1) is 15.2. The predicted octanol–water partition coefficient (Wildman–Crippen LogP) is 3.26. The third-order valence-electron chi connectivity index (χ3n) is 5.78. The number of ether oxygens (including phenoxy) is 2. The molecule has 1 aliphatic heterocycles. The molecule has 1 atom stereocenters. The van der Waals surface area contributed by atoms with Gasteiger partial charge in [0, 0.05) is 30.1 Å². The molecule has 0 aliphatic carbocycles. The van der Waals surface area contributed by atoms with E-state index in [9.17, 15) is 17.6 Å². The first-order valence-electron chi connectivity index (χ1n) is 10.5. The highest BCUT2D eigenvalue weighted by atomic mass is 32.2. The number of hydrogen-bond acceptors (Lipinski definition) is 5. The number of amides is 1. The summed E-state index contributed by atoms with van der Waals surface area (Å²) in [5.41, 5.74) is 0.943. The number of nitrogens with one attached hydrogen (secondary N) is 1. The first-order valence-corrected chi connectivity index (χ1v) is 12.1. The highest BCUT2D eigenvalue weighted by Crippen LogP contribution is 2.30. The van der Waals surface area contributed by atoms with E-state index in [1.807, 2.05) is 13.0 Å². The lowest BCUT2D eigenvalue weighted by molar-refractivity contribution is -0.126. The minimum Gasteiger partial charge on any atom is -0.497 e. The summed E-state index contributed by atoms with van der Waals surface area (Å²) in [5, 5.41) is 3.00. The lowest BCUT2D eigenvalue weighted by atomic mass is 9.96. The second-order valence-corrected chi connectivity index (χ2v) is 9.83. The number of methoxy groups -OCH3 is 2. The van der Waals surface area contributed by atoms with Crippen molar-refractivity contribution in [3.63, 3.8) is 0 Å². The standard InChI is InChI=1S/C23H29FN2O5S/c1-16(20-14-19(30-2)8-9-22(20)31-3)25-23(27)17-10-12-26(13-11-17)32(28,29)15-18-6-4-5-7-21(18)24/h4-9,14,16-17H,10-13,15H2,1-3H3,(H,25,27)/t16-/m0/s1. The van der Waals surface area contributed by atoms with E-state index in [0.29, 0.717) is 24.3 Å². The molecule has 0 bridgehead atoms. The summed E-state index contributed by atoms with van der Waals surface area (Å²) >= 11 is 0. The van der Waals surface area contributed by atoms with Gasteiger partial charge in [-0.05, 0) is 44.0 Å². The Labute approximate surface area is 188 Å². The molecule has 32 heavy (non-hydrogen) atoms. The molecule has 0 unspecified atom stereocenters. The number of carbonyl (C=O) groups excluding carboxylic acids is 1. The summed E-state index contributed by atoms with van der Waals surface area (Å²) in [6, 6.07) is 10.9. The lowest BCUT2D eigenvalue weighted by Crippen LogP contribution is -2.43. The van der Waals surface area contributed by atoms with E-state index in [1.54, 1.807) is 32.4 Å². The molecule has 1 saturated heterocycles. The van der Waals surface area contributed by atoms with Crippen molar-refractivity contribution in [3.05, 3.63) is 59.4 Å². The van der Waals surface area contributed by atoms with Gasteiger partial charge in [-0.15, -0.1) is 0 Å². The van der Waals surface area contributed by atoms with E-state index in [2.05, 4.69) is 5.32 Å². The van der Waals surface area contributed by atoms with Crippen molar-refractivity contribution in [1.29, 1.82) is 0 Å². The maximum atomic E-state index is 13.9. The van der Waals surface area contributed by atoms with Crippen molar-refractivity contribution in [2.45, 2.75) is 31.6 Å². The van der Waals surface area contributed by atoms with Crippen molar-refractivity contribution in [2.24, 2.45) is 5.92 Å². The number of sulfonamides is 1. The Morgan fingerprint density at radius 2 is 1.84 bits per heavy atom. The molecule has 1 N–H and O–H groups in total. The largest absolute Gasteiger partial charge is 0.497 e. The Kier molecular flexibility index (Phi) is 7.73. The fourth-order valence-electron chi connectivity index (χ4n) is 3.89. The zero-order chi connectivity index (χ0) is 23.3. The normalized spacial score (nSPS) is 16.4. The number of piperidine rings is 1. The molecule has 174 valence electrons. The van der Waals surface area contributed by atoms with Crippen molar-refractivity contribution in [3.8, 4) is 11.5 Å². The molecule has 0 spiro atoms. The second-order valence-electron chi connectivity index (χ2n) is 7.86. The Balaban J connectivity index is 1.59. The molecule has 1 aliphatic rings. The minimum absolute atomic E-state index is 0.131. The van der Waals surface area contributed by atoms with Crippen LogP contribution >= 0.6 is 0 Å².